The third kappa shape index (κ3) is 4.44. The molecule has 188 valence electrons. The standard InChI is InChI=1S/C29H36N6O/c1-7-34-28(36)24-18-31-27(17-25(24)35(34)23-12-13-30-26(16-23)29(2,3)4)32-21-10-8-20-15-22(33(5)6)11-9-19(20)14-21/h8,10,12-14,16-18,22H,7,9,11,15H2,1-6H3,(H,31,32). The molecule has 1 aliphatic carbocycles. The minimum Gasteiger partial charge on any atom is -0.340 e. The summed E-state index contributed by atoms with van der Waals surface area (Å²) in [6.07, 6.45) is 6.85. The molecular weight excluding hydrogens is 448 g/mol. The molecule has 7 nitrogen and oxygen atoms in total. The molecule has 1 N–H and O–H groups in total. The number of hydrogen-bond donors (Lipinski definition) is 1. The number of anilines is 2. The van der Waals surface area contributed by atoms with Crippen molar-refractivity contribution in [1.82, 2.24) is 24.2 Å². The van der Waals surface area contributed by atoms with Crippen LogP contribution in [0.1, 0.15) is 50.9 Å². The Bertz CT molecular complexity index is 1470. The van der Waals surface area contributed by atoms with Crippen LogP contribution in [0, 0.1) is 0 Å². The predicted octanol–water partition coefficient (Wildman–Crippen LogP) is 5.06. The van der Waals surface area contributed by atoms with E-state index in [9.17, 15) is 4.79 Å². The molecule has 0 aliphatic heterocycles. The Kier molecular flexibility index (Phi) is 6.20. The minimum atomic E-state index is -0.0937. The Labute approximate surface area is 212 Å². The quantitative estimate of drug-likeness (QED) is 0.429. The molecule has 36 heavy (non-hydrogen) atoms. The van der Waals surface area contributed by atoms with Crippen molar-refractivity contribution in [3.8, 4) is 5.69 Å². The molecule has 0 amide bonds. The second kappa shape index (κ2) is 9.21. The van der Waals surface area contributed by atoms with E-state index < -0.39 is 0 Å². The highest BCUT2D eigenvalue weighted by atomic mass is 16.1. The van der Waals surface area contributed by atoms with Crippen LogP contribution in [0.15, 0.2) is 53.6 Å². The Balaban J connectivity index is 1.53. The molecule has 1 unspecified atom stereocenters. The highest BCUT2D eigenvalue weighted by Gasteiger charge is 2.21. The highest BCUT2D eigenvalue weighted by Crippen LogP contribution is 2.29. The van der Waals surface area contributed by atoms with E-state index in [1.165, 1.54) is 17.5 Å². The monoisotopic (exact) mass is 484 g/mol. The maximum atomic E-state index is 13.2. The number of pyridine rings is 2. The molecule has 4 aromatic rings. The predicted molar refractivity (Wildman–Crippen MR) is 147 cm³/mol. The number of benzene rings is 1. The van der Waals surface area contributed by atoms with Crippen LogP contribution in [0.3, 0.4) is 0 Å². The van der Waals surface area contributed by atoms with Gasteiger partial charge in [0.1, 0.15) is 5.82 Å². The summed E-state index contributed by atoms with van der Waals surface area (Å²) in [6, 6.07) is 13.2. The van der Waals surface area contributed by atoms with E-state index in [0.29, 0.717) is 18.0 Å². The molecule has 0 bridgehead atoms. The summed E-state index contributed by atoms with van der Waals surface area (Å²) >= 11 is 0. The molecule has 0 spiro atoms. The zero-order valence-corrected chi connectivity index (χ0v) is 22.2. The molecule has 7 heteroatoms. The van der Waals surface area contributed by atoms with E-state index >= 15 is 0 Å². The fourth-order valence-electron chi connectivity index (χ4n) is 5.14. The Hall–Kier alpha value is -3.45. The molecule has 0 radical (unpaired) electrons. The number of nitrogens with zero attached hydrogens (tertiary/aromatic N) is 5. The number of aromatic nitrogens is 4. The SMILES string of the molecule is CCn1c(=O)c2cnc(Nc3ccc4c(c3)CCC(N(C)C)C4)cc2n1-c1ccnc(C(C)(C)C)c1. The van der Waals surface area contributed by atoms with Gasteiger partial charge in [-0.3, -0.25) is 9.78 Å². The Morgan fingerprint density at radius 2 is 1.89 bits per heavy atom. The molecule has 1 aliphatic rings. The number of aryl methyl sites for hydroxylation is 1. The molecular formula is C29H36N6O. The van der Waals surface area contributed by atoms with Crippen molar-refractivity contribution in [3.05, 3.63) is 76.0 Å². The largest absolute Gasteiger partial charge is 0.340 e. The Morgan fingerprint density at radius 3 is 2.61 bits per heavy atom. The molecule has 3 aromatic heterocycles. The van der Waals surface area contributed by atoms with E-state index in [1.807, 2.05) is 29.9 Å². The normalized spacial score (nSPS) is 15.9. The van der Waals surface area contributed by atoms with Gasteiger partial charge in [-0.1, -0.05) is 26.8 Å². The van der Waals surface area contributed by atoms with Gasteiger partial charge in [0.25, 0.3) is 5.56 Å². The third-order valence-electron chi connectivity index (χ3n) is 7.28. The maximum Gasteiger partial charge on any atom is 0.276 e. The van der Waals surface area contributed by atoms with Gasteiger partial charge in [0.2, 0.25) is 0 Å². The molecule has 0 saturated carbocycles. The van der Waals surface area contributed by atoms with Gasteiger partial charge in [-0.15, -0.1) is 0 Å². The van der Waals surface area contributed by atoms with Crippen molar-refractivity contribution in [2.24, 2.45) is 0 Å². The van der Waals surface area contributed by atoms with Gasteiger partial charge in [0.15, 0.2) is 0 Å². The maximum absolute atomic E-state index is 13.2. The topological polar surface area (TPSA) is 68.0 Å². The zero-order chi connectivity index (χ0) is 25.6. The summed E-state index contributed by atoms with van der Waals surface area (Å²) in [5.74, 6) is 0.719. The van der Waals surface area contributed by atoms with Crippen molar-refractivity contribution in [1.29, 1.82) is 0 Å². The zero-order valence-electron chi connectivity index (χ0n) is 22.2. The highest BCUT2D eigenvalue weighted by molar-refractivity contribution is 5.82. The van der Waals surface area contributed by atoms with Crippen LogP contribution in [-0.4, -0.2) is 44.4 Å². The lowest BCUT2D eigenvalue weighted by Crippen LogP contribution is -2.33. The fourth-order valence-corrected chi connectivity index (χ4v) is 5.14. The van der Waals surface area contributed by atoms with Gasteiger partial charge in [-0.2, -0.15) is 0 Å². The summed E-state index contributed by atoms with van der Waals surface area (Å²) in [5.41, 5.74) is 6.45. The second-order valence-corrected chi connectivity index (χ2v) is 11.0. The summed E-state index contributed by atoms with van der Waals surface area (Å²) < 4.78 is 3.76. The Morgan fingerprint density at radius 1 is 1.08 bits per heavy atom. The van der Waals surface area contributed by atoms with Crippen molar-refractivity contribution in [2.45, 2.75) is 65.0 Å². The fraction of sp³-hybridized carbons (Fsp3) is 0.414. The average Bonchev–Trinajstić information content (AvgIpc) is 3.14. The van der Waals surface area contributed by atoms with Crippen molar-refractivity contribution >= 4 is 22.4 Å². The van der Waals surface area contributed by atoms with Gasteiger partial charge in [0.05, 0.1) is 16.6 Å². The van der Waals surface area contributed by atoms with E-state index in [-0.39, 0.29) is 11.0 Å². The summed E-state index contributed by atoms with van der Waals surface area (Å²) in [7, 11) is 4.32. The lowest BCUT2D eigenvalue weighted by Gasteiger charge is -2.30. The summed E-state index contributed by atoms with van der Waals surface area (Å²) in [5, 5.41) is 4.09. The van der Waals surface area contributed by atoms with E-state index in [0.717, 1.165) is 41.2 Å². The van der Waals surface area contributed by atoms with Gasteiger partial charge in [0, 0.05) is 47.8 Å². The van der Waals surface area contributed by atoms with Crippen LogP contribution in [-0.2, 0) is 24.8 Å². The molecule has 3 heterocycles. The average molecular weight is 485 g/mol. The second-order valence-electron chi connectivity index (χ2n) is 11.0. The van der Waals surface area contributed by atoms with Crippen LogP contribution in [0.4, 0.5) is 11.5 Å². The van der Waals surface area contributed by atoms with E-state index in [1.54, 1.807) is 10.9 Å². The first-order valence-corrected chi connectivity index (χ1v) is 12.8. The first-order chi connectivity index (χ1) is 17.2. The number of likely N-dealkylation sites (N-methyl/N-ethyl adjacent to an activating group) is 1. The first-order valence-electron chi connectivity index (χ1n) is 12.8. The summed E-state index contributed by atoms with van der Waals surface area (Å²) in [6.45, 7) is 8.98. The van der Waals surface area contributed by atoms with E-state index in [4.69, 9.17) is 0 Å². The van der Waals surface area contributed by atoms with Crippen LogP contribution in [0.25, 0.3) is 16.6 Å². The van der Waals surface area contributed by atoms with Crippen LogP contribution in [0.2, 0.25) is 0 Å². The molecule has 1 aromatic carbocycles. The third-order valence-corrected chi connectivity index (χ3v) is 7.28. The number of fused-ring (bicyclic) bond motifs is 2. The molecule has 0 saturated heterocycles. The van der Waals surface area contributed by atoms with Crippen LogP contribution < -0.4 is 10.9 Å². The number of nitrogens with one attached hydrogen (secondary N) is 1. The summed E-state index contributed by atoms with van der Waals surface area (Å²) in [4.78, 5) is 24.7. The van der Waals surface area contributed by atoms with Gasteiger partial charge >= 0.3 is 0 Å². The lowest BCUT2D eigenvalue weighted by molar-refractivity contribution is 0.268. The van der Waals surface area contributed by atoms with Crippen LogP contribution in [0.5, 0.6) is 0 Å². The minimum absolute atomic E-state index is 0.0371. The molecule has 5 rings (SSSR count). The van der Waals surface area contributed by atoms with E-state index in [2.05, 4.69) is 79.3 Å². The van der Waals surface area contributed by atoms with Crippen LogP contribution >= 0.6 is 0 Å². The lowest BCUT2D eigenvalue weighted by atomic mass is 9.87. The first kappa shape index (κ1) is 24.3. The van der Waals surface area contributed by atoms with Gasteiger partial charge < -0.3 is 10.2 Å². The van der Waals surface area contributed by atoms with Crippen molar-refractivity contribution in [3.63, 3.8) is 0 Å². The van der Waals surface area contributed by atoms with Gasteiger partial charge in [-0.05, 0) is 75.7 Å². The number of rotatable bonds is 5. The van der Waals surface area contributed by atoms with Crippen molar-refractivity contribution < 1.29 is 0 Å². The molecule has 0 fully saturated rings. The number of hydrogen-bond acceptors (Lipinski definition) is 5. The van der Waals surface area contributed by atoms with Crippen molar-refractivity contribution in [2.75, 3.05) is 19.4 Å². The smallest absolute Gasteiger partial charge is 0.276 e. The molecule has 1 atom stereocenters. The van der Waals surface area contributed by atoms with Gasteiger partial charge in [-0.25, -0.2) is 14.3 Å².